The number of aromatic nitrogens is 1. The topological polar surface area (TPSA) is 24.9 Å². The van der Waals surface area contributed by atoms with E-state index >= 15 is 0 Å². The van der Waals surface area contributed by atoms with Crippen LogP contribution in [-0.4, -0.2) is 18.1 Å². The van der Waals surface area contributed by atoms with Crippen LogP contribution in [0.4, 0.5) is 0 Å². The Labute approximate surface area is 78.4 Å². The Balaban J connectivity index is 2.11. The van der Waals surface area contributed by atoms with Crippen molar-refractivity contribution < 1.29 is 0 Å². The zero-order valence-corrected chi connectivity index (χ0v) is 7.71. The molecule has 0 aromatic carbocycles. The van der Waals surface area contributed by atoms with Crippen molar-refractivity contribution in [3.63, 3.8) is 0 Å². The lowest BCUT2D eigenvalue weighted by Gasteiger charge is -2.22. The van der Waals surface area contributed by atoms with Gasteiger partial charge < -0.3 is 5.32 Å². The summed E-state index contributed by atoms with van der Waals surface area (Å²) in [5.74, 6) is 0. The van der Waals surface area contributed by atoms with Crippen LogP contribution >= 0.6 is 0 Å². The SMILES string of the molecule is c1cc2c(cn1)CCC21CCNC1. The maximum absolute atomic E-state index is 4.19. The minimum atomic E-state index is 0.471. The van der Waals surface area contributed by atoms with Crippen molar-refractivity contribution in [2.75, 3.05) is 13.1 Å². The molecular formula is C11H14N2. The molecule has 3 rings (SSSR count). The summed E-state index contributed by atoms with van der Waals surface area (Å²) in [6.07, 6.45) is 7.84. The monoisotopic (exact) mass is 174 g/mol. The number of pyridine rings is 1. The summed E-state index contributed by atoms with van der Waals surface area (Å²) in [4.78, 5) is 4.19. The van der Waals surface area contributed by atoms with Gasteiger partial charge in [0.1, 0.15) is 0 Å². The zero-order valence-electron chi connectivity index (χ0n) is 7.71. The minimum absolute atomic E-state index is 0.471. The van der Waals surface area contributed by atoms with Crippen molar-refractivity contribution >= 4 is 0 Å². The number of nitrogens with one attached hydrogen (secondary N) is 1. The molecule has 0 saturated carbocycles. The first kappa shape index (κ1) is 7.51. The van der Waals surface area contributed by atoms with Gasteiger partial charge >= 0.3 is 0 Å². The average Bonchev–Trinajstić information content (AvgIpc) is 2.78. The highest BCUT2D eigenvalue weighted by Gasteiger charge is 2.40. The molecule has 13 heavy (non-hydrogen) atoms. The van der Waals surface area contributed by atoms with Crippen molar-refractivity contribution in [2.45, 2.75) is 24.7 Å². The first-order valence-electron chi connectivity index (χ1n) is 5.05. The van der Waals surface area contributed by atoms with E-state index in [2.05, 4.69) is 16.4 Å². The van der Waals surface area contributed by atoms with Gasteiger partial charge in [0, 0.05) is 24.4 Å². The molecule has 1 aromatic heterocycles. The second-order valence-electron chi connectivity index (χ2n) is 4.24. The van der Waals surface area contributed by atoms with E-state index in [-0.39, 0.29) is 0 Å². The molecule has 1 saturated heterocycles. The van der Waals surface area contributed by atoms with E-state index in [4.69, 9.17) is 0 Å². The molecule has 1 aliphatic heterocycles. The molecule has 1 spiro atoms. The molecule has 1 aliphatic carbocycles. The second kappa shape index (κ2) is 2.55. The third-order valence-corrected chi connectivity index (χ3v) is 3.59. The highest BCUT2D eigenvalue weighted by Crippen LogP contribution is 2.42. The number of fused-ring (bicyclic) bond motifs is 2. The van der Waals surface area contributed by atoms with Crippen molar-refractivity contribution in [1.82, 2.24) is 10.3 Å². The Morgan fingerprint density at radius 3 is 3.23 bits per heavy atom. The molecule has 1 unspecified atom stereocenters. The number of aryl methyl sites for hydroxylation is 1. The lowest BCUT2D eigenvalue weighted by molar-refractivity contribution is 0.468. The first-order chi connectivity index (χ1) is 6.41. The highest BCUT2D eigenvalue weighted by atomic mass is 14.9. The largest absolute Gasteiger partial charge is 0.316 e. The standard InChI is InChI=1S/C11H14N2/c1-3-11(4-6-13-8-11)10-2-5-12-7-9(1)10/h2,5,7,13H,1,3-4,6,8H2. The van der Waals surface area contributed by atoms with Gasteiger partial charge in [0.05, 0.1) is 0 Å². The van der Waals surface area contributed by atoms with E-state index in [0.29, 0.717) is 5.41 Å². The van der Waals surface area contributed by atoms with Crippen LogP contribution in [0.2, 0.25) is 0 Å². The molecule has 1 fully saturated rings. The Morgan fingerprint density at radius 1 is 1.38 bits per heavy atom. The van der Waals surface area contributed by atoms with Gasteiger partial charge in [0.2, 0.25) is 0 Å². The molecule has 1 atom stereocenters. The molecule has 0 bridgehead atoms. The van der Waals surface area contributed by atoms with E-state index in [9.17, 15) is 0 Å². The summed E-state index contributed by atoms with van der Waals surface area (Å²) in [6, 6.07) is 2.22. The van der Waals surface area contributed by atoms with Gasteiger partial charge in [-0.05, 0) is 43.0 Å². The van der Waals surface area contributed by atoms with Gasteiger partial charge in [-0.1, -0.05) is 0 Å². The second-order valence-corrected chi connectivity index (χ2v) is 4.24. The Morgan fingerprint density at radius 2 is 2.38 bits per heavy atom. The molecule has 2 nitrogen and oxygen atoms in total. The van der Waals surface area contributed by atoms with Crippen LogP contribution in [0.1, 0.15) is 24.0 Å². The normalized spacial score (nSPS) is 31.1. The fourth-order valence-electron chi connectivity index (χ4n) is 2.84. The van der Waals surface area contributed by atoms with E-state index < -0.39 is 0 Å². The number of nitrogens with zero attached hydrogens (tertiary/aromatic N) is 1. The smallest absolute Gasteiger partial charge is 0.0302 e. The summed E-state index contributed by atoms with van der Waals surface area (Å²) in [5.41, 5.74) is 3.51. The summed E-state index contributed by atoms with van der Waals surface area (Å²) in [6.45, 7) is 2.35. The van der Waals surface area contributed by atoms with E-state index in [1.54, 1.807) is 5.56 Å². The van der Waals surface area contributed by atoms with E-state index in [0.717, 1.165) is 0 Å². The molecule has 2 aliphatic rings. The Kier molecular flexibility index (Phi) is 1.47. The van der Waals surface area contributed by atoms with Gasteiger partial charge in [0.15, 0.2) is 0 Å². The molecule has 1 N–H and O–H groups in total. The summed E-state index contributed by atoms with van der Waals surface area (Å²) < 4.78 is 0. The third-order valence-electron chi connectivity index (χ3n) is 3.59. The van der Waals surface area contributed by atoms with Crippen LogP contribution in [0.25, 0.3) is 0 Å². The van der Waals surface area contributed by atoms with Gasteiger partial charge in [-0.15, -0.1) is 0 Å². The fourth-order valence-corrected chi connectivity index (χ4v) is 2.84. The van der Waals surface area contributed by atoms with E-state index in [1.807, 2.05) is 12.4 Å². The van der Waals surface area contributed by atoms with Crippen LogP contribution in [-0.2, 0) is 11.8 Å². The lowest BCUT2D eigenvalue weighted by Crippen LogP contribution is -2.25. The summed E-state index contributed by atoms with van der Waals surface area (Å²) >= 11 is 0. The number of hydrogen-bond acceptors (Lipinski definition) is 2. The van der Waals surface area contributed by atoms with Crippen LogP contribution in [0.15, 0.2) is 18.5 Å². The quantitative estimate of drug-likeness (QED) is 0.640. The zero-order chi connectivity index (χ0) is 8.73. The average molecular weight is 174 g/mol. The molecule has 1 aromatic rings. The van der Waals surface area contributed by atoms with Crippen molar-refractivity contribution in [3.8, 4) is 0 Å². The lowest BCUT2D eigenvalue weighted by atomic mass is 9.82. The molecule has 0 amide bonds. The number of hydrogen-bond donors (Lipinski definition) is 1. The van der Waals surface area contributed by atoms with Crippen LogP contribution in [0.5, 0.6) is 0 Å². The van der Waals surface area contributed by atoms with Crippen molar-refractivity contribution in [2.24, 2.45) is 0 Å². The minimum Gasteiger partial charge on any atom is -0.316 e. The van der Waals surface area contributed by atoms with Crippen molar-refractivity contribution in [3.05, 3.63) is 29.6 Å². The fraction of sp³-hybridized carbons (Fsp3) is 0.545. The highest BCUT2D eigenvalue weighted by molar-refractivity contribution is 5.38. The Hall–Kier alpha value is -0.890. The predicted molar refractivity (Wildman–Crippen MR) is 51.7 cm³/mol. The van der Waals surface area contributed by atoms with Crippen molar-refractivity contribution in [1.29, 1.82) is 0 Å². The van der Waals surface area contributed by atoms with Gasteiger partial charge in [-0.3, -0.25) is 4.98 Å². The van der Waals surface area contributed by atoms with E-state index in [1.165, 1.54) is 37.9 Å². The maximum Gasteiger partial charge on any atom is 0.0302 e. The third kappa shape index (κ3) is 0.953. The molecule has 2 heteroatoms. The first-order valence-corrected chi connectivity index (χ1v) is 5.05. The van der Waals surface area contributed by atoms with Gasteiger partial charge in [0.25, 0.3) is 0 Å². The summed E-state index contributed by atoms with van der Waals surface area (Å²) in [5, 5.41) is 3.48. The molecule has 68 valence electrons. The van der Waals surface area contributed by atoms with Gasteiger partial charge in [-0.2, -0.15) is 0 Å². The molecule has 2 heterocycles. The number of rotatable bonds is 0. The Bertz CT molecular complexity index is 327. The molecule has 0 radical (unpaired) electrons. The summed E-state index contributed by atoms with van der Waals surface area (Å²) in [7, 11) is 0. The van der Waals surface area contributed by atoms with Crippen LogP contribution in [0.3, 0.4) is 0 Å². The van der Waals surface area contributed by atoms with Crippen LogP contribution < -0.4 is 5.32 Å². The maximum atomic E-state index is 4.19. The molecular weight excluding hydrogens is 160 g/mol. The van der Waals surface area contributed by atoms with Gasteiger partial charge in [-0.25, -0.2) is 0 Å². The predicted octanol–water partition coefficient (Wildman–Crippen LogP) is 1.26. The van der Waals surface area contributed by atoms with Crippen LogP contribution in [0, 0.1) is 0 Å².